The normalized spacial score (nSPS) is 14.2. The summed E-state index contributed by atoms with van der Waals surface area (Å²) in [6, 6.07) is 12.5. The zero-order valence-electron chi connectivity index (χ0n) is 14.2. The monoisotopic (exact) mass is 418 g/mol. The van der Waals surface area contributed by atoms with Crippen LogP contribution in [0.25, 0.3) is 0 Å². The number of ether oxygens (including phenoxy) is 1. The number of rotatable bonds is 4. The average Bonchev–Trinajstić information content (AvgIpc) is 2.69. The number of hydrogen-bond acceptors (Lipinski definition) is 4. The van der Waals surface area contributed by atoms with E-state index in [1.807, 2.05) is 0 Å². The Morgan fingerprint density at radius 1 is 1.11 bits per heavy atom. The number of nitrogens with one attached hydrogen (secondary N) is 2. The van der Waals surface area contributed by atoms with Crippen molar-refractivity contribution in [2.45, 2.75) is 11.4 Å². The molecule has 1 aliphatic rings. The van der Waals surface area contributed by atoms with E-state index in [-0.39, 0.29) is 18.0 Å². The molecule has 0 saturated heterocycles. The molecule has 1 aliphatic heterocycles. The second-order valence-corrected chi connectivity index (χ2v) is 7.02. The van der Waals surface area contributed by atoms with Gasteiger partial charge in [-0.25, -0.2) is 13.8 Å². The zero-order chi connectivity index (χ0) is 19.5. The first-order valence-electron chi connectivity index (χ1n) is 8.20. The van der Waals surface area contributed by atoms with E-state index in [0.717, 1.165) is 4.90 Å². The number of anilines is 1. The van der Waals surface area contributed by atoms with E-state index in [1.54, 1.807) is 30.3 Å². The maximum Gasteiger partial charge on any atom is 0.206 e. The summed E-state index contributed by atoms with van der Waals surface area (Å²) in [5.41, 5.74) is 0.632. The van der Waals surface area contributed by atoms with Crippen molar-refractivity contribution >= 4 is 35.2 Å². The Morgan fingerprint density at radius 3 is 2.82 bits per heavy atom. The van der Waals surface area contributed by atoms with Crippen LogP contribution in [-0.2, 0) is 6.54 Å². The molecule has 0 radical (unpaired) electrons. The van der Waals surface area contributed by atoms with Crippen molar-refractivity contribution in [3.8, 4) is 11.5 Å². The molecule has 5 nitrogen and oxygen atoms in total. The van der Waals surface area contributed by atoms with Gasteiger partial charge in [-0.3, -0.25) is 9.71 Å². The average molecular weight is 419 g/mol. The van der Waals surface area contributed by atoms with Crippen LogP contribution in [0.2, 0.25) is 5.02 Å². The Bertz CT molecular complexity index is 1060. The van der Waals surface area contributed by atoms with Gasteiger partial charge >= 0.3 is 0 Å². The predicted molar refractivity (Wildman–Crippen MR) is 106 cm³/mol. The molecule has 0 atom stereocenters. The summed E-state index contributed by atoms with van der Waals surface area (Å²) in [6.45, 7) is 0.0255. The number of pyridine rings is 1. The third-order valence-electron chi connectivity index (χ3n) is 3.81. The standard InChI is InChI=1S/C19H13ClF2N4OS/c20-11-3-1-4-12(9-11)27-18-14(22)6-7-16-17(18)25-19(26-28-16)24-10-15-13(21)5-2-8-23-15/h1-9H,10H2,(H2,24,25,26). The van der Waals surface area contributed by atoms with E-state index in [4.69, 9.17) is 16.3 Å². The van der Waals surface area contributed by atoms with Crippen molar-refractivity contribution < 1.29 is 13.5 Å². The SMILES string of the molecule is Fc1cccnc1CN=C1NSc2ccc(F)c(Oc3cccc(Cl)c3)c2N1. The smallest absolute Gasteiger partial charge is 0.206 e. The summed E-state index contributed by atoms with van der Waals surface area (Å²) >= 11 is 7.21. The Hall–Kier alpha value is -2.84. The molecule has 0 unspecified atom stereocenters. The lowest BCUT2D eigenvalue weighted by Crippen LogP contribution is -2.30. The van der Waals surface area contributed by atoms with Crippen LogP contribution < -0.4 is 14.8 Å². The second kappa shape index (κ2) is 8.04. The summed E-state index contributed by atoms with van der Waals surface area (Å²) < 4.78 is 36.9. The Morgan fingerprint density at radius 2 is 2.00 bits per heavy atom. The van der Waals surface area contributed by atoms with Gasteiger partial charge in [0.1, 0.15) is 17.3 Å². The number of aliphatic imine (C=N–C) groups is 1. The maximum atomic E-state index is 14.5. The fourth-order valence-corrected chi connectivity index (χ4v) is 3.38. The van der Waals surface area contributed by atoms with Gasteiger partial charge in [-0.15, -0.1) is 0 Å². The molecule has 0 spiro atoms. The highest BCUT2D eigenvalue weighted by Crippen LogP contribution is 2.41. The second-order valence-electron chi connectivity index (χ2n) is 5.73. The first-order chi connectivity index (χ1) is 13.6. The summed E-state index contributed by atoms with van der Waals surface area (Å²) in [5, 5.41) is 3.48. The molecule has 1 aromatic heterocycles. The highest BCUT2D eigenvalue weighted by atomic mass is 35.5. The van der Waals surface area contributed by atoms with E-state index >= 15 is 0 Å². The highest BCUT2D eigenvalue weighted by Gasteiger charge is 2.22. The lowest BCUT2D eigenvalue weighted by molar-refractivity contribution is 0.443. The van der Waals surface area contributed by atoms with E-state index in [0.29, 0.717) is 22.4 Å². The zero-order valence-corrected chi connectivity index (χ0v) is 15.8. The maximum absolute atomic E-state index is 14.5. The van der Waals surface area contributed by atoms with Crippen LogP contribution in [0.3, 0.4) is 0 Å². The van der Waals surface area contributed by atoms with Crippen molar-refractivity contribution in [2.75, 3.05) is 5.32 Å². The van der Waals surface area contributed by atoms with Gasteiger partial charge in [0.25, 0.3) is 0 Å². The fraction of sp³-hybridized carbons (Fsp3) is 0.0526. The highest BCUT2D eigenvalue weighted by molar-refractivity contribution is 7.98. The quantitative estimate of drug-likeness (QED) is 0.557. The molecule has 142 valence electrons. The molecule has 28 heavy (non-hydrogen) atoms. The van der Waals surface area contributed by atoms with E-state index in [2.05, 4.69) is 20.0 Å². The van der Waals surface area contributed by atoms with Crippen LogP contribution in [-0.4, -0.2) is 10.9 Å². The minimum atomic E-state index is -0.538. The Labute approximate surface area is 168 Å². The van der Waals surface area contributed by atoms with Crippen LogP contribution in [0.15, 0.2) is 64.6 Å². The molecule has 0 saturated carbocycles. The number of aromatic nitrogens is 1. The van der Waals surface area contributed by atoms with Crippen molar-refractivity contribution in [3.05, 3.63) is 77.1 Å². The summed E-state index contributed by atoms with van der Waals surface area (Å²) in [6.07, 6.45) is 1.50. The minimum absolute atomic E-state index is 0.0190. The molecule has 3 aromatic rings. The Balaban J connectivity index is 1.61. The van der Waals surface area contributed by atoms with Gasteiger partial charge in [0.2, 0.25) is 5.96 Å². The van der Waals surface area contributed by atoms with Crippen LogP contribution >= 0.6 is 23.5 Å². The van der Waals surface area contributed by atoms with Gasteiger partial charge in [-0.1, -0.05) is 17.7 Å². The van der Waals surface area contributed by atoms with Crippen LogP contribution in [0, 0.1) is 11.6 Å². The topological polar surface area (TPSA) is 58.5 Å². The number of guanidine groups is 1. The van der Waals surface area contributed by atoms with E-state index < -0.39 is 11.6 Å². The molecule has 0 aliphatic carbocycles. The van der Waals surface area contributed by atoms with Crippen molar-refractivity contribution in [1.29, 1.82) is 0 Å². The van der Waals surface area contributed by atoms with Gasteiger partial charge in [-0.2, -0.15) is 0 Å². The lowest BCUT2D eigenvalue weighted by atomic mass is 10.2. The number of halogens is 3. The third kappa shape index (κ3) is 4.02. The summed E-state index contributed by atoms with van der Waals surface area (Å²) in [5.74, 6) is -0.218. The van der Waals surface area contributed by atoms with Gasteiger partial charge in [0.05, 0.1) is 17.1 Å². The molecule has 0 bridgehead atoms. The molecule has 0 amide bonds. The summed E-state index contributed by atoms with van der Waals surface area (Å²) in [4.78, 5) is 8.96. The lowest BCUT2D eigenvalue weighted by Gasteiger charge is -2.23. The molecule has 2 N–H and O–H groups in total. The van der Waals surface area contributed by atoms with Gasteiger partial charge in [-0.05, 0) is 54.4 Å². The fourth-order valence-electron chi connectivity index (χ4n) is 2.50. The largest absolute Gasteiger partial charge is 0.452 e. The Kier molecular flexibility index (Phi) is 5.31. The molecule has 9 heteroatoms. The van der Waals surface area contributed by atoms with E-state index in [9.17, 15) is 8.78 Å². The number of fused-ring (bicyclic) bond motifs is 1. The first-order valence-corrected chi connectivity index (χ1v) is 9.39. The van der Waals surface area contributed by atoms with Gasteiger partial charge in [0.15, 0.2) is 11.6 Å². The van der Waals surface area contributed by atoms with Gasteiger partial charge < -0.3 is 10.1 Å². The number of benzene rings is 2. The molecular formula is C19H13ClF2N4OS. The molecule has 0 fully saturated rings. The minimum Gasteiger partial charge on any atom is -0.452 e. The molecule has 2 aromatic carbocycles. The van der Waals surface area contributed by atoms with Crippen LogP contribution in [0.5, 0.6) is 11.5 Å². The number of hydrogen-bond donors (Lipinski definition) is 2. The van der Waals surface area contributed by atoms with Crippen LogP contribution in [0.4, 0.5) is 14.5 Å². The van der Waals surface area contributed by atoms with Crippen LogP contribution in [0.1, 0.15) is 5.69 Å². The molecule has 2 heterocycles. The van der Waals surface area contributed by atoms with Crippen molar-refractivity contribution in [3.63, 3.8) is 0 Å². The van der Waals surface area contributed by atoms with Gasteiger partial charge in [0, 0.05) is 11.2 Å². The molecule has 4 rings (SSSR count). The third-order valence-corrected chi connectivity index (χ3v) is 4.90. The van der Waals surface area contributed by atoms with E-state index in [1.165, 1.54) is 36.3 Å². The molecular weight excluding hydrogens is 406 g/mol. The van der Waals surface area contributed by atoms with Crippen molar-refractivity contribution in [2.24, 2.45) is 4.99 Å². The van der Waals surface area contributed by atoms with Crippen molar-refractivity contribution in [1.82, 2.24) is 9.71 Å². The predicted octanol–water partition coefficient (Wildman–Crippen LogP) is 5.38. The number of nitrogens with zero attached hydrogens (tertiary/aromatic N) is 2. The summed E-state index contributed by atoms with van der Waals surface area (Å²) in [7, 11) is 0. The first kappa shape index (κ1) is 18.5.